The molecule has 0 bridgehead atoms. The summed E-state index contributed by atoms with van der Waals surface area (Å²) in [5, 5.41) is 3.16. The molecule has 5 rings (SSSR count). The maximum Gasteiger partial charge on any atom is 0.271 e. The minimum absolute atomic E-state index is 0.121. The summed E-state index contributed by atoms with van der Waals surface area (Å²) in [5.41, 5.74) is 2.67. The Kier molecular flexibility index (Phi) is 5.83. The van der Waals surface area contributed by atoms with Gasteiger partial charge >= 0.3 is 0 Å². The molecule has 0 aliphatic carbocycles. The van der Waals surface area contributed by atoms with E-state index in [9.17, 15) is 4.79 Å². The number of anilines is 1. The first kappa shape index (κ1) is 20.2. The number of para-hydroxylation sites is 1. The van der Waals surface area contributed by atoms with Crippen molar-refractivity contribution in [1.82, 2.24) is 4.98 Å². The monoisotopic (exact) mass is 455 g/mol. The molecule has 0 unspecified atom stereocenters. The number of aromatic nitrogens is 1. The van der Waals surface area contributed by atoms with Gasteiger partial charge in [-0.25, -0.2) is 4.98 Å². The molecule has 0 spiro atoms. The topological polar surface area (TPSA) is 58.7 Å². The van der Waals surface area contributed by atoms with Crippen LogP contribution in [0.5, 0.6) is 0 Å². The number of thiazole rings is 1. The molecule has 0 radical (unpaired) electrons. The van der Waals surface area contributed by atoms with Gasteiger partial charge in [-0.15, -0.1) is 11.3 Å². The van der Waals surface area contributed by atoms with Crippen molar-refractivity contribution >= 4 is 51.1 Å². The van der Waals surface area contributed by atoms with Crippen LogP contribution in [-0.2, 0) is 4.79 Å². The quantitative estimate of drug-likeness (QED) is 0.312. The van der Waals surface area contributed by atoms with Gasteiger partial charge < -0.3 is 4.42 Å². The average Bonchev–Trinajstić information content (AvgIpc) is 3.57. The van der Waals surface area contributed by atoms with Crippen LogP contribution in [0.1, 0.15) is 5.76 Å². The summed E-state index contributed by atoms with van der Waals surface area (Å²) in [6.07, 6.45) is 7.02. The summed E-state index contributed by atoms with van der Waals surface area (Å²) in [6, 6.07) is 23.2. The number of hydrogen-bond donors (Lipinski definition) is 0. The number of rotatable bonds is 5. The molecule has 156 valence electrons. The molecule has 1 amide bonds. The van der Waals surface area contributed by atoms with Crippen LogP contribution in [0.4, 0.5) is 10.8 Å². The Bertz CT molecular complexity index is 1310. The highest BCUT2D eigenvalue weighted by molar-refractivity contribution is 8.19. The Hall–Kier alpha value is -3.68. The van der Waals surface area contributed by atoms with Gasteiger partial charge in [0.15, 0.2) is 5.17 Å². The van der Waals surface area contributed by atoms with E-state index in [1.165, 1.54) is 23.1 Å². The first-order valence-corrected chi connectivity index (χ1v) is 11.6. The fourth-order valence-electron chi connectivity index (χ4n) is 3.12. The lowest BCUT2D eigenvalue weighted by molar-refractivity contribution is -0.113. The summed E-state index contributed by atoms with van der Waals surface area (Å²) in [5.74, 6) is 0.603. The van der Waals surface area contributed by atoms with Crippen LogP contribution >= 0.6 is 23.1 Å². The van der Waals surface area contributed by atoms with Gasteiger partial charge in [-0.05, 0) is 48.2 Å². The van der Waals surface area contributed by atoms with Crippen LogP contribution in [0.2, 0.25) is 0 Å². The molecule has 0 saturated carbocycles. The van der Waals surface area contributed by atoms with Gasteiger partial charge in [0.1, 0.15) is 5.76 Å². The zero-order valence-corrected chi connectivity index (χ0v) is 18.4. The summed E-state index contributed by atoms with van der Waals surface area (Å²) in [7, 11) is 0. The van der Waals surface area contributed by atoms with Gasteiger partial charge in [-0.2, -0.15) is 4.99 Å². The number of carbonyl (C=O) groups is 1. The van der Waals surface area contributed by atoms with Crippen molar-refractivity contribution < 1.29 is 9.21 Å². The first-order valence-electron chi connectivity index (χ1n) is 9.87. The number of hydrogen-bond acceptors (Lipinski definition) is 6. The predicted molar refractivity (Wildman–Crippen MR) is 132 cm³/mol. The number of thioether (sulfide) groups is 1. The summed E-state index contributed by atoms with van der Waals surface area (Å²) < 4.78 is 5.31. The number of nitrogens with zero attached hydrogens (tertiary/aromatic N) is 3. The smallest absolute Gasteiger partial charge is 0.271 e. The second-order valence-corrected chi connectivity index (χ2v) is 8.61. The molecule has 0 atom stereocenters. The summed E-state index contributed by atoms with van der Waals surface area (Å²) >= 11 is 2.78. The standard InChI is InChI=1S/C25H17N3O2S2/c29-23-22(15-7-13-20-14-8-16-30-20)32-25(28(23)19-11-5-2-6-12-19)27-24-26-21(17-31-24)18-9-3-1-4-10-18/h1-17H/b13-7+,22-15+,27-25+. The normalized spacial score (nSPS) is 16.6. The second-order valence-electron chi connectivity index (χ2n) is 6.76. The number of aliphatic imine (C=N–C) groups is 1. The third-order valence-electron chi connectivity index (χ3n) is 4.62. The van der Waals surface area contributed by atoms with E-state index >= 15 is 0 Å². The molecular weight excluding hydrogens is 438 g/mol. The molecule has 7 heteroatoms. The summed E-state index contributed by atoms with van der Waals surface area (Å²) in [6.45, 7) is 0. The minimum atomic E-state index is -0.121. The second kappa shape index (κ2) is 9.21. The molecule has 1 saturated heterocycles. The highest BCUT2D eigenvalue weighted by Gasteiger charge is 2.34. The van der Waals surface area contributed by atoms with E-state index < -0.39 is 0 Å². The van der Waals surface area contributed by atoms with Crippen LogP contribution in [0.15, 0.2) is 111 Å². The zero-order chi connectivity index (χ0) is 21.8. The molecule has 5 nitrogen and oxygen atoms in total. The number of amides is 1. The maximum atomic E-state index is 13.2. The molecule has 0 N–H and O–H groups in total. The van der Waals surface area contributed by atoms with Crippen LogP contribution in [0.3, 0.4) is 0 Å². The zero-order valence-electron chi connectivity index (χ0n) is 16.8. The van der Waals surface area contributed by atoms with E-state index in [0.717, 1.165) is 22.7 Å². The molecule has 1 aliphatic heterocycles. The van der Waals surface area contributed by atoms with Crippen LogP contribution < -0.4 is 4.90 Å². The van der Waals surface area contributed by atoms with Crippen LogP contribution in [0.25, 0.3) is 17.3 Å². The van der Waals surface area contributed by atoms with E-state index in [4.69, 9.17) is 9.41 Å². The van der Waals surface area contributed by atoms with Crippen LogP contribution in [-0.4, -0.2) is 16.1 Å². The lowest BCUT2D eigenvalue weighted by atomic mass is 10.2. The lowest BCUT2D eigenvalue weighted by Gasteiger charge is -2.14. The molecule has 1 fully saturated rings. The van der Waals surface area contributed by atoms with Gasteiger partial charge in [0.05, 0.1) is 22.5 Å². The molecule has 2 aromatic heterocycles. The number of amidine groups is 1. The number of benzene rings is 2. The Labute approximate surface area is 193 Å². The van der Waals surface area contributed by atoms with Crippen molar-refractivity contribution in [1.29, 1.82) is 0 Å². The van der Waals surface area contributed by atoms with E-state index in [-0.39, 0.29) is 5.91 Å². The number of carbonyl (C=O) groups excluding carboxylic acids is 1. The van der Waals surface area contributed by atoms with Crippen molar-refractivity contribution in [3.8, 4) is 11.3 Å². The molecule has 2 aromatic carbocycles. The van der Waals surface area contributed by atoms with Gasteiger partial charge in [-0.1, -0.05) is 54.6 Å². The third-order valence-corrected chi connectivity index (χ3v) is 6.35. The van der Waals surface area contributed by atoms with E-state index in [1.807, 2.05) is 90.3 Å². The highest BCUT2D eigenvalue weighted by Crippen LogP contribution is 2.37. The largest absolute Gasteiger partial charge is 0.465 e. The average molecular weight is 456 g/mol. The summed E-state index contributed by atoms with van der Waals surface area (Å²) in [4.78, 5) is 24.8. The van der Waals surface area contributed by atoms with Crippen LogP contribution in [0, 0.1) is 0 Å². The third kappa shape index (κ3) is 4.34. The fourth-order valence-corrected chi connectivity index (χ4v) is 4.81. The van der Waals surface area contributed by atoms with Crippen molar-refractivity contribution in [2.24, 2.45) is 4.99 Å². The van der Waals surface area contributed by atoms with E-state index in [2.05, 4.69) is 4.98 Å². The first-order chi connectivity index (χ1) is 15.8. The molecule has 3 heterocycles. The fraction of sp³-hybridized carbons (Fsp3) is 0. The SMILES string of the molecule is O=C1/C(=C\C=C\c2ccco2)S/C(=N/c2nc(-c3ccccc3)cs2)N1c1ccccc1. The molecule has 4 aromatic rings. The molecule has 1 aliphatic rings. The Balaban J connectivity index is 1.47. The number of allylic oxidation sites excluding steroid dienone is 2. The lowest BCUT2D eigenvalue weighted by Crippen LogP contribution is -2.28. The van der Waals surface area contributed by atoms with Crippen molar-refractivity contribution in [3.05, 3.63) is 107 Å². The Morgan fingerprint density at radius 1 is 0.969 bits per heavy atom. The van der Waals surface area contributed by atoms with Gasteiger partial charge in [0, 0.05) is 10.9 Å². The van der Waals surface area contributed by atoms with Gasteiger partial charge in [0.25, 0.3) is 5.91 Å². The van der Waals surface area contributed by atoms with Crippen molar-refractivity contribution in [2.45, 2.75) is 0 Å². The maximum absolute atomic E-state index is 13.2. The van der Waals surface area contributed by atoms with Crippen molar-refractivity contribution in [2.75, 3.05) is 4.90 Å². The van der Waals surface area contributed by atoms with E-state index in [1.54, 1.807) is 17.2 Å². The minimum Gasteiger partial charge on any atom is -0.465 e. The molecular formula is C25H17N3O2S2. The van der Waals surface area contributed by atoms with Gasteiger partial charge in [-0.3, -0.25) is 9.69 Å². The predicted octanol–water partition coefficient (Wildman–Crippen LogP) is 6.77. The Morgan fingerprint density at radius 3 is 2.50 bits per heavy atom. The highest BCUT2D eigenvalue weighted by atomic mass is 32.2. The molecule has 32 heavy (non-hydrogen) atoms. The van der Waals surface area contributed by atoms with E-state index in [0.29, 0.717) is 15.2 Å². The number of furan rings is 1. The van der Waals surface area contributed by atoms with Gasteiger partial charge in [0.2, 0.25) is 5.13 Å². The Morgan fingerprint density at radius 2 is 1.75 bits per heavy atom. The van der Waals surface area contributed by atoms with Crippen molar-refractivity contribution in [3.63, 3.8) is 0 Å².